The third kappa shape index (κ3) is 3.70. The first-order valence-corrected chi connectivity index (χ1v) is 6.85. The minimum atomic E-state index is 0.0598. The molecule has 98 valence electrons. The summed E-state index contributed by atoms with van der Waals surface area (Å²) in [6.07, 6.45) is 0. The van der Waals surface area contributed by atoms with Crippen molar-refractivity contribution >= 4 is 17.0 Å². The Morgan fingerprint density at radius 1 is 1.53 bits per heavy atom. The number of nitrogens with one attached hydrogen (secondary N) is 1. The number of benzene rings is 1. The van der Waals surface area contributed by atoms with Gasteiger partial charge in [-0.1, -0.05) is 6.07 Å². The van der Waals surface area contributed by atoms with Gasteiger partial charge in [-0.05, 0) is 26.0 Å². The molecule has 0 aliphatic heterocycles. The van der Waals surface area contributed by atoms with Crippen LogP contribution in [0.15, 0.2) is 29.6 Å². The van der Waals surface area contributed by atoms with Gasteiger partial charge >= 0.3 is 0 Å². The van der Waals surface area contributed by atoms with E-state index in [9.17, 15) is 0 Å². The van der Waals surface area contributed by atoms with Crippen molar-refractivity contribution in [2.45, 2.75) is 19.9 Å². The second-order valence-corrected chi connectivity index (χ2v) is 5.19. The van der Waals surface area contributed by atoms with Crippen molar-refractivity contribution in [2.24, 2.45) is 0 Å². The van der Waals surface area contributed by atoms with Crippen LogP contribution in [-0.4, -0.2) is 11.6 Å². The average molecular weight is 273 g/mol. The van der Waals surface area contributed by atoms with E-state index in [2.05, 4.69) is 22.6 Å². The smallest absolute Gasteiger partial charge is 0.174 e. The molecule has 19 heavy (non-hydrogen) atoms. The molecule has 0 amide bonds. The minimum absolute atomic E-state index is 0.0598. The summed E-state index contributed by atoms with van der Waals surface area (Å²) < 4.78 is 5.27. The lowest BCUT2D eigenvalue weighted by Crippen LogP contribution is -2.07. The summed E-state index contributed by atoms with van der Waals surface area (Å²) in [4.78, 5) is 4.46. The Morgan fingerprint density at radius 2 is 2.37 bits per heavy atom. The monoisotopic (exact) mass is 273 g/mol. The first kappa shape index (κ1) is 13.4. The number of hydrogen-bond acceptors (Lipinski definition) is 5. The van der Waals surface area contributed by atoms with Crippen LogP contribution in [-0.2, 0) is 0 Å². The molecule has 1 atom stereocenters. The fourth-order valence-electron chi connectivity index (χ4n) is 1.69. The molecule has 0 saturated carbocycles. The molecular formula is C14H15N3OS. The fourth-order valence-corrected chi connectivity index (χ4v) is 2.40. The van der Waals surface area contributed by atoms with Gasteiger partial charge in [-0.3, -0.25) is 0 Å². The third-order valence-corrected chi connectivity index (χ3v) is 3.39. The second-order valence-electron chi connectivity index (χ2n) is 4.13. The number of aromatic nitrogens is 1. The van der Waals surface area contributed by atoms with E-state index < -0.39 is 0 Å². The van der Waals surface area contributed by atoms with Crippen molar-refractivity contribution < 1.29 is 4.74 Å². The van der Waals surface area contributed by atoms with Crippen LogP contribution in [0.1, 0.15) is 23.7 Å². The van der Waals surface area contributed by atoms with Crippen molar-refractivity contribution in [3.8, 4) is 11.8 Å². The molecule has 1 heterocycles. The van der Waals surface area contributed by atoms with Gasteiger partial charge < -0.3 is 10.1 Å². The lowest BCUT2D eigenvalue weighted by molar-refractivity contribution is 0.368. The van der Waals surface area contributed by atoms with E-state index in [1.807, 2.05) is 37.3 Å². The van der Waals surface area contributed by atoms with Crippen LogP contribution in [0.2, 0.25) is 0 Å². The molecule has 2 aromatic rings. The van der Waals surface area contributed by atoms with Gasteiger partial charge in [0.1, 0.15) is 11.8 Å². The number of aryl methyl sites for hydroxylation is 1. The van der Waals surface area contributed by atoms with E-state index in [-0.39, 0.29) is 12.6 Å². The van der Waals surface area contributed by atoms with Crippen molar-refractivity contribution in [1.29, 1.82) is 5.26 Å². The summed E-state index contributed by atoms with van der Waals surface area (Å²) >= 11 is 1.65. The quantitative estimate of drug-likeness (QED) is 0.905. The van der Waals surface area contributed by atoms with Crippen LogP contribution in [0.5, 0.6) is 5.75 Å². The Balaban J connectivity index is 2.04. The van der Waals surface area contributed by atoms with Crippen molar-refractivity contribution in [3.05, 3.63) is 40.3 Å². The zero-order valence-corrected chi connectivity index (χ0v) is 11.7. The molecular weight excluding hydrogens is 258 g/mol. The first-order chi connectivity index (χ1) is 9.19. The van der Waals surface area contributed by atoms with Gasteiger partial charge in [0, 0.05) is 17.1 Å². The summed E-state index contributed by atoms with van der Waals surface area (Å²) in [7, 11) is 0. The van der Waals surface area contributed by atoms with Crippen LogP contribution >= 0.6 is 11.3 Å². The van der Waals surface area contributed by atoms with Crippen LogP contribution in [0.3, 0.4) is 0 Å². The Labute approximate surface area is 116 Å². The highest BCUT2D eigenvalue weighted by atomic mass is 32.1. The molecule has 4 nitrogen and oxygen atoms in total. The van der Waals surface area contributed by atoms with Gasteiger partial charge in [0.2, 0.25) is 0 Å². The zero-order chi connectivity index (χ0) is 13.7. The predicted octanol–water partition coefficient (Wildman–Crippen LogP) is 3.53. The van der Waals surface area contributed by atoms with Gasteiger partial charge in [-0.2, -0.15) is 5.26 Å². The van der Waals surface area contributed by atoms with E-state index in [1.54, 1.807) is 11.3 Å². The molecule has 0 spiro atoms. The average Bonchev–Trinajstić information content (AvgIpc) is 2.83. The van der Waals surface area contributed by atoms with Crippen molar-refractivity contribution in [3.63, 3.8) is 0 Å². The Morgan fingerprint density at radius 3 is 3.05 bits per heavy atom. The highest BCUT2D eigenvalue weighted by Crippen LogP contribution is 2.23. The third-order valence-electron chi connectivity index (χ3n) is 2.60. The van der Waals surface area contributed by atoms with Gasteiger partial charge in [0.05, 0.1) is 16.7 Å². The summed E-state index contributed by atoms with van der Waals surface area (Å²) in [5.41, 5.74) is 1.99. The molecule has 0 aliphatic carbocycles. The number of nitrogens with zero attached hydrogens (tertiary/aromatic N) is 2. The number of ether oxygens (including phenoxy) is 1. The second kappa shape index (κ2) is 6.21. The van der Waals surface area contributed by atoms with Gasteiger partial charge in [-0.25, -0.2) is 4.98 Å². The number of hydrogen-bond donors (Lipinski definition) is 1. The van der Waals surface area contributed by atoms with Crippen molar-refractivity contribution in [1.82, 2.24) is 4.98 Å². The largest absolute Gasteiger partial charge is 0.479 e. The molecule has 1 aromatic carbocycles. The standard InChI is InChI=1S/C14H15N3OS/c1-10(14-9-19-11(2)17-14)16-12-4-3-5-13(8-12)18-7-6-15/h3-5,8-10,16H,7H2,1-2H3. The Bertz CT molecular complexity index is 588. The maximum atomic E-state index is 8.50. The lowest BCUT2D eigenvalue weighted by atomic mass is 10.2. The molecule has 0 saturated heterocycles. The molecule has 5 heteroatoms. The summed E-state index contributed by atoms with van der Waals surface area (Å²) in [6.45, 7) is 4.12. The fraction of sp³-hybridized carbons (Fsp3) is 0.286. The van der Waals surface area contributed by atoms with Crippen LogP contribution < -0.4 is 10.1 Å². The van der Waals surface area contributed by atoms with Gasteiger partial charge in [0.15, 0.2) is 6.61 Å². The van der Waals surface area contributed by atoms with E-state index in [4.69, 9.17) is 10.00 Å². The van der Waals surface area contributed by atoms with Gasteiger partial charge in [0.25, 0.3) is 0 Å². The van der Waals surface area contributed by atoms with E-state index in [1.165, 1.54) is 0 Å². The summed E-state index contributed by atoms with van der Waals surface area (Å²) in [5.74, 6) is 0.688. The van der Waals surface area contributed by atoms with Crippen molar-refractivity contribution in [2.75, 3.05) is 11.9 Å². The topological polar surface area (TPSA) is 57.9 Å². The number of nitriles is 1. The lowest BCUT2D eigenvalue weighted by Gasteiger charge is -2.14. The highest BCUT2D eigenvalue weighted by Gasteiger charge is 2.08. The highest BCUT2D eigenvalue weighted by molar-refractivity contribution is 7.09. The number of anilines is 1. The Hall–Kier alpha value is -2.06. The molecule has 2 rings (SSSR count). The van der Waals surface area contributed by atoms with Crippen LogP contribution in [0.4, 0.5) is 5.69 Å². The molecule has 1 aromatic heterocycles. The summed E-state index contributed by atoms with van der Waals surface area (Å²) in [5, 5.41) is 15.0. The Kier molecular flexibility index (Phi) is 4.37. The SMILES string of the molecule is Cc1nc(C(C)Nc2cccc(OCC#N)c2)cs1. The van der Waals surface area contributed by atoms with Gasteiger partial charge in [-0.15, -0.1) is 11.3 Å². The minimum Gasteiger partial charge on any atom is -0.479 e. The summed E-state index contributed by atoms with van der Waals surface area (Å²) in [6, 6.07) is 9.67. The molecule has 0 fully saturated rings. The normalized spacial score (nSPS) is 11.6. The molecule has 0 bridgehead atoms. The molecule has 1 unspecified atom stereocenters. The maximum Gasteiger partial charge on any atom is 0.174 e. The van der Waals surface area contributed by atoms with Crippen LogP contribution in [0.25, 0.3) is 0 Å². The van der Waals surface area contributed by atoms with Crippen LogP contribution in [0, 0.1) is 18.3 Å². The van der Waals surface area contributed by atoms with E-state index in [0.717, 1.165) is 16.4 Å². The predicted molar refractivity (Wildman–Crippen MR) is 76.4 cm³/mol. The molecule has 0 aliphatic rings. The van der Waals surface area contributed by atoms with E-state index in [0.29, 0.717) is 5.75 Å². The number of thiazole rings is 1. The van der Waals surface area contributed by atoms with E-state index >= 15 is 0 Å². The zero-order valence-electron chi connectivity index (χ0n) is 10.9. The molecule has 0 radical (unpaired) electrons. The number of rotatable bonds is 5. The maximum absolute atomic E-state index is 8.50. The first-order valence-electron chi connectivity index (χ1n) is 5.97. The molecule has 1 N–H and O–H groups in total.